The summed E-state index contributed by atoms with van der Waals surface area (Å²) in [5.41, 5.74) is 3.66. The number of carbonyl (C=O) groups is 1. The first-order chi connectivity index (χ1) is 15.1. The van der Waals surface area contributed by atoms with Gasteiger partial charge in [0.2, 0.25) is 0 Å². The second-order valence-corrected chi connectivity index (χ2v) is 7.91. The molecule has 1 amide bonds. The van der Waals surface area contributed by atoms with Crippen molar-refractivity contribution in [3.63, 3.8) is 0 Å². The molecular formula is C25H27N3O3. The lowest BCUT2D eigenvalue weighted by Gasteiger charge is -2.21. The Morgan fingerprint density at radius 2 is 1.97 bits per heavy atom. The lowest BCUT2D eigenvalue weighted by molar-refractivity contribution is 0.0951. The smallest absolute Gasteiger partial charge is 0.257 e. The number of aromatic nitrogens is 2. The van der Waals surface area contributed by atoms with Gasteiger partial charge in [-0.3, -0.25) is 14.6 Å². The summed E-state index contributed by atoms with van der Waals surface area (Å²) in [5, 5.41) is 2.93. The fourth-order valence-corrected chi connectivity index (χ4v) is 3.95. The number of hydrogen-bond donors (Lipinski definition) is 1. The zero-order chi connectivity index (χ0) is 21.8. The Balaban J connectivity index is 1.64. The highest BCUT2D eigenvalue weighted by Gasteiger charge is 2.33. The molecule has 0 atom stereocenters. The minimum absolute atomic E-state index is 0.217. The van der Waals surface area contributed by atoms with Gasteiger partial charge in [-0.2, -0.15) is 0 Å². The molecule has 0 radical (unpaired) electrons. The number of rotatable bonds is 8. The molecule has 1 aromatic carbocycles. The van der Waals surface area contributed by atoms with Crippen molar-refractivity contribution in [2.45, 2.75) is 38.6 Å². The predicted octanol–water partition coefficient (Wildman–Crippen LogP) is 3.46. The number of carbonyl (C=O) groups excluding carboxylic acids is 1. The first-order valence-electron chi connectivity index (χ1n) is 10.6. The van der Waals surface area contributed by atoms with Gasteiger partial charge in [0.1, 0.15) is 11.3 Å². The van der Waals surface area contributed by atoms with Crippen LogP contribution >= 0.6 is 0 Å². The highest BCUT2D eigenvalue weighted by molar-refractivity contribution is 5.95. The van der Waals surface area contributed by atoms with Gasteiger partial charge >= 0.3 is 0 Å². The van der Waals surface area contributed by atoms with Crippen molar-refractivity contribution < 1.29 is 9.53 Å². The molecule has 1 aliphatic rings. The zero-order valence-corrected chi connectivity index (χ0v) is 17.9. The third-order valence-electron chi connectivity index (χ3n) is 5.66. The van der Waals surface area contributed by atoms with Crippen LogP contribution in [0, 0.1) is 6.92 Å². The van der Waals surface area contributed by atoms with Crippen molar-refractivity contribution in [1.82, 2.24) is 14.9 Å². The molecule has 0 unspecified atom stereocenters. The van der Waals surface area contributed by atoms with E-state index in [2.05, 4.69) is 14.9 Å². The number of hydrogen-bond acceptors (Lipinski definition) is 4. The molecule has 160 valence electrons. The van der Waals surface area contributed by atoms with E-state index in [1.807, 2.05) is 49.4 Å². The summed E-state index contributed by atoms with van der Waals surface area (Å²) < 4.78 is 7.61. The standard InChI is InChI=1S/C25H27N3O3/c1-17-15-21(29)23(25(30)27-14-12-20-8-5-6-13-26-20)24(18-10-11-18)28(17)16-19-7-3-4-9-22(19)31-2/h3-9,13,15,18H,10-12,14,16H2,1-2H3,(H,27,30). The van der Waals surface area contributed by atoms with E-state index in [1.165, 1.54) is 0 Å². The van der Waals surface area contributed by atoms with E-state index in [-0.39, 0.29) is 22.8 Å². The highest BCUT2D eigenvalue weighted by Crippen LogP contribution is 2.41. The molecule has 2 heterocycles. The van der Waals surface area contributed by atoms with Gasteiger partial charge in [-0.1, -0.05) is 24.3 Å². The van der Waals surface area contributed by atoms with Crippen LogP contribution in [-0.2, 0) is 13.0 Å². The lowest BCUT2D eigenvalue weighted by atomic mass is 10.0. The number of amides is 1. The molecular weight excluding hydrogens is 390 g/mol. The molecule has 4 rings (SSSR count). The van der Waals surface area contributed by atoms with Crippen molar-refractivity contribution in [3.8, 4) is 5.75 Å². The molecule has 0 spiro atoms. The van der Waals surface area contributed by atoms with E-state index < -0.39 is 0 Å². The number of ether oxygens (including phenoxy) is 1. The molecule has 31 heavy (non-hydrogen) atoms. The van der Waals surface area contributed by atoms with E-state index >= 15 is 0 Å². The topological polar surface area (TPSA) is 73.2 Å². The van der Waals surface area contributed by atoms with Crippen molar-refractivity contribution in [2.75, 3.05) is 13.7 Å². The van der Waals surface area contributed by atoms with E-state index in [0.717, 1.165) is 41.2 Å². The van der Waals surface area contributed by atoms with E-state index in [4.69, 9.17) is 4.74 Å². The van der Waals surface area contributed by atoms with E-state index in [1.54, 1.807) is 19.4 Å². The van der Waals surface area contributed by atoms with Crippen LogP contribution in [-0.4, -0.2) is 29.1 Å². The number of pyridine rings is 2. The van der Waals surface area contributed by atoms with Crippen molar-refractivity contribution in [3.05, 3.63) is 93.2 Å². The molecule has 0 saturated heterocycles. The second kappa shape index (κ2) is 9.16. The quantitative estimate of drug-likeness (QED) is 0.609. The Morgan fingerprint density at radius 3 is 2.68 bits per heavy atom. The van der Waals surface area contributed by atoms with Crippen LogP contribution in [0.4, 0.5) is 0 Å². The summed E-state index contributed by atoms with van der Waals surface area (Å²) in [6, 6.07) is 15.1. The summed E-state index contributed by atoms with van der Waals surface area (Å²) in [7, 11) is 1.65. The van der Waals surface area contributed by atoms with Crippen molar-refractivity contribution in [2.24, 2.45) is 0 Å². The number of methoxy groups -OCH3 is 1. The predicted molar refractivity (Wildman–Crippen MR) is 120 cm³/mol. The summed E-state index contributed by atoms with van der Waals surface area (Å²) in [6.07, 6.45) is 4.33. The van der Waals surface area contributed by atoms with Gasteiger partial charge in [0, 0.05) is 53.8 Å². The van der Waals surface area contributed by atoms with Crippen LogP contribution in [0.15, 0.2) is 59.5 Å². The average Bonchev–Trinajstić information content (AvgIpc) is 3.61. The van der Waals surface area contributed by atoms with E-state index in [0.29, 0.717) is 19.5 Å². The van der Waals surface area contributed by atoms with Gasteiger partial charge in [-0.05, 0) is 38.0 Å². The molecule has 0 bridgehead atoms. The Bertz CT molecular complexity index is 1130. The van der Waals surface area contributed by atoms with Crippen molar-refractivity contribution in [1.29, 1.82) is 0 Å². The summed E-state index contributed by atoms with van der Waals surface area (Å²) in [4.78, 5) is 30.2. The molecule has 2 aromatic heterocycles. The molecule has 3 aromatic rings. The Labute approximate surface area is 181 Å². The molecule has 1 N–H and O–H groups in total. The van der Waals surface area contributed by atoms with Gasteiger partial charge in [0.15, 0.2) is 5.43 Å². The van der Waals surface area contributed by atoms with E-state index in [9.17, 15) is 9.59 Å². The maximum atomic E-state index is 13.1. The van der Waals surface area contributed by atoms with Crippen LogP contribution in [0.1, 0.15) is 51.8 Å². The highest BCUT2D eigenvalue weighted by atomic mass is 16.5. The van der Waals surface area contributed by atoms with Gasteiger partial charge in [-0.15, -0.1) is 0 Å². The Hall–Kier alpha value is -3.41. The second-order valence-electron chi connectivity index (χ2n) is 7.91. The number of benzene rings is 1. The summed E-state index contributed by atoms with van der Waals surface area (Å²) in [6.45, 7) is 2.90. The largest absolute Gasteiger partial charge is 0.496 e. The molecule has 1 aliphatic carbocycles. The van der Waals surface area contributed by atoms with Gasteiger partial charge in [-0.25, -0.2) is 0 Å². The third kappa shape index (κ3) is 4.68. The molecule has 6 heteroatoms. The normalized spacial score (nSPS) is 13.1. The minimum atomic E-state index is -0.309. The number of nitrogens with one attached hydrogen (secondary N) is 1. The van der Waals surface area contributed by atoms with Crippen LogP contribution in [0.25, 0.3) is 0 Å². The lowest BCUT2D eigenvalue weighted by Crippen LogP contribution is -2.34. The van der Waals surface area contributed by atoms with Crippen LogP contribution in [0.3, 0.4) is 0 Å². The van der Waals surface area contributed by atoms with Gasteiger partial charge in [0.05, 0.1) is 13.7 Å². The first-order valence-corrected chi connectivity index (χ1v) is 10.6. The molecule has 0 aliphatic heterocycles. The van der Waals surface area contributed by atoms with Crippen LogP contribution in [0.2, 0.25) is 0 Å². The van der Waals surface area contributed by atoms with Crippen LogP contribution in [0.5, 0.6) is 5.75 Å². The van der Waals surface area contributed by atoms with Crippen LogP contribution < -0.4 is 15.5 Å². The van der Waals surface area contributed by atoms with Gasteiger partial charge < -0.3 is 14.6 Å². The average molecular weight is 418 g/mol. The van der Waals surface area contributed by atoms with Crippen molar-refractivity contribution >= 4 is 5.91 Å². The zero-order valence-electron chi connectivity index (χ0n) is 17.9. The first kappa shape index (κ1) is 20.8. The molecule has 6 nitrogen and oxygen atoms in total. The summed E-state index contributed by atoms with van der Waals surface area (Å²) in [5.74, 6) is 0.721. The fourth-order valence-electron chi connectivity index (χ4n) is 3.95. The summed E-state index contributed by atoms with van der Waals surface area (Å²) >= 11 is 0. The number of aryl methyl sites for hydroxylation is 1. The SMILES string of the molecule is COc1ccccc1Cn1c(C)cc(=O)c(C(=O)NCCc2ccccn2)c1C1CC1. The Morgan fingerprint density at radius 1 is 1.19 bits per heavy atom. The third-order valence-corrected chi connectivity index (χ3v) is 5.66. The maximum absolute atomic E-state index is 13.1. The number of nitrogens with zero attached hydrogens (tertiary/aromatic N) is 2. The van der Waals surface area contributed by atoms with Gasteiger partial charge in [0.25, 0.3) is 5.91 Å². The Kier molecular flexibility index (Phi) is 6.16. The molecule has 1 saturated carbocycles. The molecule has 1 fully saturated rings. The minimum Gasteiger partial charge on any atom is -0.496 e. The maximum Gasteiger partial charge on any atom is 0.257 e. The monoisotopic (exact) mass is 417 g/mol. The fraction of sp³-hybridized carbons (Fsp3) is 0.320. The number of para-hydroxylation sites is 1.